The Morgan fingerprint density at radius 2 is 1.12 bits per heavy atom. The molecule has 8 bridgehead atoms. The highest BCUT2D eigenvalue weighted by atomic mass is 16.8. The summed E-state index contributed by atoms with van der Waals surface area (Å²) in [6, 6.07) is 5.88. The summed E-state index contributed by atoms with van der Waals surface area (Å²) < 4.78 is 69.1. The number of aromatic amines is 2. The zero-order valence-corrected chi connectivity index (χ0v) is 54.5. The molecule has 2 amide bonds. The Morgan fingerprint density at radius 3 is 1.67 bits per heavy atom. The molecule has 0 spiro atoms. The van der Waals surface area contributed by atoms with Gasteiger partial charge in [0, 0.05) is 83.6 Å². The Labute approximate surface area is 536 Å². The Hall–Kier alpha value is -8.92. The number of ether oxygens (including phenoxy) is 12. The summed E-state index contributed by atoms with van der Waals surface area (Å²) in [7, 11) is 1.31. The van der Waals surface area contributed by atoms with Gasteiger partial charge in [0.25, 0.3) is 11.8 Å². The molecule has 12 atom stereocenters. The number of amides is 2. The first-order valence-corrected chi connectivity index (χ1v) is 30.5. The molecule has 0 aromatic carbocycles. The summed E-state index contributed by atoms with van der Waals surface area (Å²) in [6.07, 6.45) is -12.2. The van der Waals surface area contributed by atoms with Crippen molar-refractivity contribution in [3.63, 3.8) is 0 Å². The number of hydrogen-bond acceptors (Lipinski definition) is 24. The van der Waals surface area contributed by atoms with Gasteiger partial charge in [-0.15, -0.1) is 0 Å². The van der Waals surface area contributed by atoms with E-state index in [0.717, 1.165) is 98.4 Å². The molecule has 0 saturated carbocycles. The van der Waals surface area contributed by atoms with Crippen molar-refractivity contribution in [2.75, 3.05) is 33.5 Å². The molecule has 2 saturated heterocycles. The topological polar surface area (TPSA) is 342 Å². The summed E-state index contributed by atoms with van der Waals surface area (Å²) in [5.41, 5.74) is 10.3. The van der Waals surface area contributed by atoms with Gasteiger partial charge in [-0.1, -0.05) is 39.5 Å². The highest BCUT2D eigenvalue weighted by molar-refractivity contribution is 6.23. The maximum Gasteiger partial charge on any atom is 0.305 e. The second-order valence-corrected chi connectivity index (χ2v) is 23.2. The van der Waals surface area contributed by atoms with Crippen LogP contribution in [-0.2, 0) is 95.2 Å². The van der Waals surface area contributed by atoms with Gasteiger partial charge in [0.05, 0.1) is 59.7 Å². The SMILES string of the molecule is C=C(/C=C/CO[C@@H]1O[C@H](COC(C)=O)[C@@H](O[C@@H]2O[C@H](COC(C)=O)[C@H](OC(C)=O)[C@H](OC(C)=O)[C@H]2OC(C)=O)[C@H](OC(C)=O)[C@H]1OC(C)=O)CN1C(=O)c2c3[nH]c(cc4nc(cc5nc(cc6[nH]c2c(c6C)C1=O)C(CC)=C5C)C(CC)=C4C)[C@@H](C)[C@@H]3CCC(=O)OC. The van der Waals surface area contributed by atoms with Crippen molar-refractivity contribution in [3.05, 3.63) is 93.4 Å². The fourth-order valence-corrected chi connectivity index (χ4v) is 12.4. The molecular formula is C66H79N5O22. The molecule has 6 aliphatic heterocycles. The van der Waals surface area contributed by atoms with Crippen molar-refractivity contribution in [1.29, 1.82) is 0 Å². The average Bonchev–Trinajstić information content (AvgIpc) is 1.63. The molecule has 0 unspecified atom stereocenters. The van der Waals surface area contributed by atoms with Gasteiger partial charge in [-0.2, -0.15) is 0 Å². The molecule has 8 heterocycles. The molecule has 6 aliphatic rings. The first-order chi connectivity index (χ1) is 44.0. The first-order valence-electron chi connectivity index (χ1n) is 30.5. The Balaban J connectivity index is 1.14. The lowest BCUT2D eigenvalue weighted by Crippen LogP contribution is -2.67. The number of aryl methyl sites for hydroxylation is 1. The predicted molar refractivity (Wildman–Crippen MR) is 328 cm³/mol. The summed E-state index contributed by atoms with van der Waals surface area (Å²) >= 11 is 0. The van der Waals surface area contributed by atoms with Crippen LogP contribution in [0, 0.1) is 6.92 Å². The van der Waals surface area contributed by atoms with Gasteiger partial charge in [-0.25, -0.2) is 9.97 Å². The lowest BCUT2D eigenvalue weighted by atomic mass is 9.84. The molecular weight excluding hydrogens is 1210 g/mol. The van der Waals surface area contributed by atoms with E-state index in [-0.39, 0.29) is 54.1 Å². The Kier molecular flexibility index (Phi) is 22.4. The molecule has 27 heteroatoms. The first kappa shape index (κ1) is 70.0. The van der Waals surface area contributed by atoms with Crippen molar-refractivity contribution in [2.24, 2.45) is 0 Å². The van der Waals surface area contributed by atoms with E-state index < -0.39 is 140 Å². The lowest BCUT2D eigenvalue weighted by Gasteiger charge is -2.48. The van der Waals surface area contributed by atoms with Crippen molar-refractivity contribution in [3.8, 4) is 0 Å². The number of rotatable bonds is 22. The van der Waals surface area contributed by atoms with Crippen molar-refractivity contribution >= 4 is 92.9 Å². The maximum absolute atomic E-state index is 15.5. The monoisotopic (exact) mass is 1290 g/mol. The fraction of sp³-hybridized carbons (Fsp3) is 0.515. The van der Waals surface area contributed by atoms with E-state index in [9.17, 15) is 38.4 Å². The van der Waals surface area contributed by atoms with Gasteiger partial charge in [-0.3, -0.25) is 52.8 Å². The van der Waals surface area contributed by atoms with Crippen LogP contribution in [-0.4, -0.2) is 179 Å². The average molecular weight is 1290 g/mol. The van der Waals surface area contributed by atoms with Crippen LogP contribution in [0.25, 0.3) is 33.3 Å². The second-order valence-electron chi connectivity index (χ2n) is 23.2. The van der Waals surface area contributed by atoms with Crippen LogP contribution in [0.15, 0.2) is 42.5 Å². The van der Waals surface area contributed by atoms with Gasteiger partial charge >= 0.3 is 47.8 Å². The van der Waals surface area contributed by atoms with Crippen LogP contribution in [0.4, 0.5) is 0 Å². The number of nitrogens with zero attached hydrogens (tertiary/aromatic N) is 3. The van der Waals surface area contributed by atoms with E-state index in [4.69, 9.17) is 66.8 Å². The molecule has 0 aliphatic carbocycles. The number of H-pyrrole nitrogens is 2. The van der Waals surface area contributed by atoms with E-state index in [1.165, 1.54) is 19.3 Å². The fourth-order valence-electron chi connectivity index (χ4n) is 12.4. The van der Waals surface area contributed by atoms with Gasteiger partial charge in [0.15, 0.2) is 43.1 Å². The minimum Gasteiger partial charge on any atom is -0.469 e. The molecule has 2 aromatic rings. The minimum atomic E-state index is -1.90. The number of nitrogens with one attached hydrogen (secondary N) is 2. The Morgan fingerprint density at radius 1 is 0.624 bits per heavy atom. The highest BCUT2D eigenvalue weighted by Crippen LogP contribution is 2.46. The lowest BCUT2D eigenvalue weighted by molar-refractivity contribution is -0.360. The molecule has 2 fully saturated rings. The van der Waals surface area contributed by atoms with E-state index in [2.05, 4.69) is 23.5 Å². The number of hydrogen-bond donors (Lipinski definition) is 2. The number of methoxy groups -OCH3 is 1. The molecule has 2 aromatic heterocycles. The van der Waals surface area contributed by atoms with Crippen LogP contribution in [0.2, 0.25) is 0 Å². The molecule has 8 rings (SSSR count). The molecule has 0 radical (unpaired) electrons. The standard InChI is InChI=1S/C66H79N5O22/c1-16-41-30(4)44-23-46-32(6)43(20-21-52(79)82-15)55(69-46)54-56-53(33(7)47(70-56)25-49-42(17-2)31(5)45(68-49)24-48(41)67-44)63(80)71(64(54)81)26-29(3)19-18-22-83-65-61(89-39(13)77)60(88-38(12)76)58(51(91-65)28-85-35(9)73)93-66-62(90-40(14)78)59(87-37(11)75)57(86-36(10)74)50(92-66)27-84-34(8)72/h18-19,23-25,32,43,50-51,57-62,65-66,69-70H,3,16-17,20-22,26-28H2,1-2,4-15H3/b19-18+,46-23?,48-24?,49-25?,55-54?/t32-,43-,50+,51+,57-,58+,59-,60-,61+,62+,65+,66-/m0/s1. The highest BCUT2D eigenvalue weighted by Gasteiger charge is 2.58. The van der Waals surface area contributed by atoms with Gasteiger partial charge < -0.3 is 66.8 Å². The third kappa shape index (κ3) is 15.6. The summed E-state index contributed by atoms with van der Waals surface area (Å²) in [5.74, 6) is -8.75. The van der Waals surface area contributed by atoms with E-state index >= 15 is 9.59 Å². The molecule has 2 N–H and O–H groups in total. The van der Waals surface area contributed by atoms with E-state index in [1.807, 2.05) is 45.9 Å². The summed E-state index contributed by atoms with van der Waals surface area (Å²) in [4.78, 5) is 150. The largest absolute Gasteiger partial charge is 0.469 e. The smallest absolute Gasteiger partial charge is 0.305 e. The third-order valence-corrected chi connectivity index (χ3v) is 16.6. The number of carbonyl (C=O) groups excluding carboxylic acids is 10. The predicted octanol–water partition coefficient (Wildman–Crippen LogP) is 7.21. The quantitative estimate of drug-likeness (QED) is 0.0508. The molecule has 27 nitrogen and oxygen atoms in total. The van der Waals surface area contributed by atoms with Crippen LogP contribution in [0.5, 0.6) is 0 Å². The minimum absolute atomic E-state index is 0.0251. The molecule has 93 heavy (non-hydrogen) atoms. The van der Waals surface area contributed by atoms with Crippen LogP contribution in [0.3, 0.4) is 0 Å². The van der Waals surface area contributed by atoms with E-state index in [1.54, 1.807) is 6.92 Å². The number of esters is 8. The van der Waals surface area contributed by atoms with Crippen LogP contribution < -0.4 is 0 Å². The number of carbonyl (C=O) groups is 10. The summed E-state index contributed by atoms with van der Waals surface area (Å²) in [6.45, 7) is 21.5. The maximum atomic E-state index is 15.5. The van der Waals surface area contributed by atoms with E-state index in [0.29, 0.717) is 35.3 Å². The van der Waals surface area contributed by atoms with Crippen LogP contribution >= 0.6 is 0 Å². The number of aromatic nitrogens is 4. The number of imide groups is 1. The van der Waals surface area contributed by atoms with Gasteiger partial charge in [-0.05, 0) is 91.7 Å². The number of allylic oxidation sites excluding steroid dienone is 4. The zero-order chi connectivity index (χ0) is 68.0. The zero-order valence-electron chi connectivity index (χ0n) is 54.5. The number of fused-ring (bicyclic) bond motifs is 8. The Bertz CT molecular complexity index is 3690. The molecule has 500 valence electrons. The van der Waals surface area contributed by atoms with Crippen molar-refractivity contribution in [1.82, 2.24) is 24.8 Å². The van der Waals surface area contributed by atoms with Gasteiger partial charge in [0.2, 0.25) is 0 Å². The normalized spacial score (nSPS) is 24.6. The van der Waals surface area contributed by atoms with Crippen LogP contribution in [0.1, 0.15) is 181 Å². The third-order valence-electron chi connectivity index (χ3n) is 16.6. The van der Waals surface area contributed by atoms with Crippen molar-refractivity contribution < 1.29 is 105 Å². The summed E-state index contributed by atoms with van der Waals surface area (Å²) in [5, 5.41) is 0. The van der Waals surface area contributed by atoms with Gasteiger partial charge in [0.1, 0.15) is 31.5 Å². The van der Waals surface area contributed by atoms with Crippen molar-refractivity contribution in [2.45, 2.75) is 189 Å². The second kappa shape index (κ2) is 29.8.